The van der Waals surface area contributed by atoms with Crippen LogP contribution < -0.4 is 0 Å². The molecule has 2 aromatic rings. The Morgan fingerprint density at radius 2 is 1.81 bits per heavy atom. The topological polar surface area (TPSA) is 17.8 Å². The van der Waals surface area contributed by atoms with Crippen LogP contribution in [0, 0.1) is 6.92 Å². The van der Waals surface area contributed by atoms with E-state index < -0.39 is 0 Å². The Morgan fingerprint density at radius 1 is 1.25 bits per heavy atom. The number of pyridine rings is 1. The van der Waals surface area contributed by atoms with Crippen LogP contribution in [0.15, 0.2) is 24.5 Å². The second-order valence-electron chi connectivity index (χ2n) is 3.55. The summed E-state index contributed by atoms with van der Waals surface area (Å²) in [5, 5.41) is 0. The molecule has 0 aliphatic heterocycles. The molecule has 2 heteroatoms. The van der Waals surface area contributed by atoms with Crippen molar-refractivity contribution in [3.8, 4) is 0 Å². The summed E-state index contributed by atoms with van der Waals surface area (Å²) in [5.74, 6) is 0. The highest BCUT2D eigenvalue weighted by Gasteiger charge is 1.96. The fourth-order valence-corrected chi connectivity index (χ4v) is 1.24. The first kappa shape index (κ1) is 14.7. The van der Waals surface area contributed by atoms with Gasteiger partial charge in [-0.25, -0.2) is 0 Å². The van der Waals surface area contributed by atoms with Gasteiger partial charge in [-0.3, -0.25) is 4.98 Å². The maximum atomic E-state index is 4.28. The number of rotatable bonds is 0. The van der Waals surface area contributed by atoms with Crippen LogP contribution in [-0.2, 0) is 7.05 Å². The minimum absolute atomic E-state index is 1.07. The molecule has 2 rings (SSSR count). The van der Waals surface area contributed by atoms with Crippen molar-refractivity contribution in [3.63, 3.8) is 0 Å². The molecule has 0 unspecified atom stereocenters. The van der Waals surface area contributed by atoms with Crippen LogP contribution in [0.1, 0.15) is 39.7 Å². The van der Waals surface area contributed by atoms with Gasteiger partial charge in [0.25, 0.3) is 0 Å². The molecular formula is C14H24N2. The lowest BCUT2D eigenvalue weighted by Crippen LogP contribution is -1.85. The van der Waals surface area contributed by atoms with E-state index in [2.05, 4.69) is 36.4 Å². The van der Waals surface area contributed by atoms with Gasteiger partial charge < -0.3 is 4.57 Å². The molecule has 0 amide bonds. The molecule has 0 spiro atoms. The Hall–Kier alpha value is -1.31. The lowest BCUT2D eigenvalue weighted by Gasteiger charge is -1.95. The largest absolute Gasteiger partial charge is 0.349 e. The van der Waals surface area contributed by atoms with Crippen molar-refractivity contribution in [1.82, 2.24) is 9.55 Å². The standard InChI is InChI=1S/C9H10N2.C3H8.C2H6/c1-7-5-9-8(10-6-7)3-4-11(9)2;1-3-2;1-2/h3-6H,1-2H3;3H2,1-2H3;1-2H3. The normalized spacial score (nSPS) is 8.88. The third kappa shape index (κ3) is 4.05. The summed E-state index contributed by atoms with van der Waals surface area (Å²) in [5.41, 5.74) is 3.47. The number of aryl methyl sites for hydroxylation is 2. The van der Waals surface area contributed by atoms with E-state index in [0.717, 1.165) is 5.52 Å². The summed E-state index contributed by atoms with van der Waals surface area (Å²) in [6.45, 7) is 10.3. The molecule has 0 atom stereocenters. The van der Waals surface area contributed by atoms with Crippen LogP contribution in [0.3, 0.4) is 0 Å². The van der Waals surface area contributed by atoms with E-state index in [9.17, 15) is 0 Å². The van der Waals surface area contributed by atoms with Crippen molar-refractivity contribution in [1.29, 1.82) is 0 Å². The number of nitrogens with zero attached hydrogens (tertiary/aromatic N) is 2. The average molecular weight is 220 g/mol. The van der Waals surface area contributed by atoms with Gasteiger partial charge in [-0.1, -0.05) is 34.1 Å². The van der Waals surface area contributed by atoms with E-state index in [4.69, 9.17) is 0 Å². The van der Waals surface area contributed by atoms with Gasteiger partial charge in [-0.2, -0.15) is 0 Å². The molecule has 0 bridgehead atoms. The quantitative estimate of drug-likeness (QED) is 0.646. The van der Waals surface area contributed by atoms with Gasteiger partial charge in [-0.15, -0.1) is 0 Å². The Balaban J connectivity index is 0.000000394. The summed E-state index contributed by atoms with van der Waals surface area (Å²) in [4.78, 5) is 4.28. The predicted molar refractivity (Wildman–Crippen MR) is 72.8 cm³/mol. The van der Waals surface area contributed by atoms with Gasteiger partial charge in [0.1, 0.15) is 0 Å². The van der Waals surface area contributed by atoms with E-state index >= 15 is 0 Å². The van der Waals surface area contributed by atoms with Gasteiger partial charge in [0.05, 0.1) is 11.0 Å². The van der Waals surface area contributed by atoms with Gasteiger partial charge >= 0.3 is 0 Å². The van der Waals surface area contributed by atoms with E-state index in [-0.39, 0.29) is 0 Å². The molecule has 0 aromatic carbocycles. The lowest BCUT2D eigenvalue weighted by molar-refractivity contribution is 0.967. The van der Waals surface area contributed by atoms with Crippen LogP contribution in [-0.4, -0.2) is 9.55 Å². The Labute approximate surface area is 99.3 Å². The van der Waals surface area contributed by atoms with Crippen LogP contribution >= 0.6 is 0 Å². The first-order chi connectivity index (χ1) is 7.69. The Kier molecular flexibility index (Phi) is 7.27. The van der Waals surface area contributed by atoms with Crippen molar-refractivity contribution < 1.29 is 0 Å². The molecule has 90 valence electrons. The van der Waals surface area contributed by atoms with Crippen molar-refractivity contribution >= 4 is 11.0 Å². The molecule has 2 aromatic heterocycles. The zero-order valence-electron chi connectivity index (χ0n) is 11.4. The number of fused-ring (bicyclic) bond motifs is 1. The van der Waals surface area contributed by atoms with E-state index in [0.29, 0.717) is 0 Å². The molecule has 0 saturated carbocycles. The highest BCUT2D eigenvalue weighted by molar-refractivity contribution is 5.75. The molecule has 2 heterocycles. The van der Waals surface area contributed by atoms with Gasteiger partial charge in [-0.05, 0) is 24.6 Å². The molecule has 0 fully saturated rings. The zero-order valence-corrected chi connectivity index (χ0v) is 11.4. The highest BCUT2D eigenvalue weighted by atomic mass is 14.9. The highest BCUT2D eigenvalue weighted by Crippen LogP contribution is 2.12. The third-order valence-corrected chi connectivity index (χ3v) is 1.87. The van der Waals surface area contributed by atoms with Gasteiger partial charge in [0.2, 0.25) is 0 Å². The molecule has 0 aliphatic rings. The molecule has 0 radical (unpaired) electrons. The summed E-state index contributed by atoms with van der Waals surface area (Å²) in [7, 11) is 2.03. The van der Waals surface area contributed by atoms with Crippen LogP contribution in [0.5, 0.6) is 0 Å². The third-order valence-electron chi connectivity index (χ3n) is 1.87. The zero-order chi connectivity index (χ0) is 12.6. The first-order valence-corrected chi connectivity index (χ1v) is 6.06. The van der Waals surface area contributed by atoms with E-state index in [1.165, 1.54) is 17.5 Å². The summed E-state index contributed by atoms with van der Waals surface area (Å²) in [6.07, 6.45) is 5.17. The number of hydrogen-bond donors (Lipinski definition) is 0. The predicted octanol–water partition coefficient (Wildman–Crippen LogP) is 4.32. The number of aromatic nitrogens is 2. The Bertz CT molecular complexity index is 402. The monoisotopic (exact) mass is 220 g/mol. The lowest BCUT2D eigenvalue weighted by atomic mass is 10.3. The molecular weight excluding hydrogens is 196 g/mol. The summed E-state index contributed by atoms with van der Waals surface area (Å²) in [6, 6.07) is 4.16. The number of hydrogen-bond acceptors (Lipinski definition) is 1. The van der Waals surface area contributed by atoms with Crippen LogP contribution in [0.25, 0.3) is 11.0 Å². The summed E-state index contributed by atoms with van der Waals surface area (Å²) < 4.78 is 2.08. The molecule has 2 nitrogen and oxygen atoms in total. The van der Waals surface area contributed by atoms with Crippen molar-refractivity contribution in [2.75, 3.05) is 0 Å². The second kappa shape index (κ2) is 7.91. The Morgan fingerprint density at radius 3 is 2.38 bits per heavy atom. The molecule has 0 saturated heterocycles. The van der Waals surface area contributed by atoms with Crippen LogP contribution in [0.2, 0.25) is 0 Å². The van der Waals surface area contributed by atoms with Crippen molar-refractivity contribution in [2.24, 2.45) is 7.05 Å². The smallest absolute Gasteiger partial charge is 0.0881 e. The van der Waals surface area contributed by atoms with Crippen LogP contribution in [0.4, 0.5) is 0 Å². The maximum absolute atomic E-state index is 4.28. The molecule has 0 N–H and O–H groups in total. The minimum Gasteiger partial charge on any atom is -0.349 e. The summed E-state index contributed by atoms with van der Waals surface area (Å²) >= 11 is 0. The van der Waals surface area contributed by atoms with E-state index in [1.807, 2.05) is 39.4 Å². The fraction of sp³-hybridized carbons (Fsp3) is 0.500. The SMILES string of the molecule is CC.CCC.Cc1cnc2ccn(C)c2c1. The average Bonchev–Trinajstić information content (AvgIpc) is 2.64. The van der Waals surface area contributed by atoms with Gasteiger partial charge in [0.15, 0.2) is 0 Å². The fourth-order valence-electron chi connectivity index (χ4n) is 1.24. The van der Waals surface area contributed by atoms with Crippen molar-refractivity contribution in [2.45, 2.75) is 41.0 Å². The minimum atomic E-state index is 1.07. The van der Waals surface area contributed by atoms with E-state index in [1.54, 1.807) is 0 Å². The second-order valence-corrected chi connectivity index (χ2v) is 3.55. The van der Waals surface area contributed by atoms with Crippen molar-refractivity contribution in [3.05, 3.63) is 30.1 Å². The maximum Gasteiger partial charge on any atom is 0.0881 e. The first-order valence-electron chi connectivity index (χ1n) is 6.06. The van der Waals surface area contributed by atoms with Gasteiger partial charge in [0, 0.05) is 19.4 Å². The molecule has 16 heavy (non-hydrogen) atoms. The molecule has 0 aliphatic carbocycles.